The van der Waals surface area contributed by atoms with Gasteiger partial charge in [-0.3, -0.25) is 0 Å². The van der Waals surface area contributed by atoms with Gasteiger partial charge in [-0.05, 0) is 0 Å². The predicted octanol–water partition coefficient (Wildman–Crippen LogP) is 0.211. The fourth-order valence-corrected chi connectivity index (χ4v) is 0.130. The van der Waals surface area contributed by atoms with Crippen LogP contribution in [-0.2, 0) is 9.53 Å². The Hall–Kier alpha value is -0.0500. The van der Waals surface area contributed by atoms with E-state index in [1.807, 2.05) is 0 Å². The van der Waals surface area contributed by atoms with Crippen LogP contribution in [0.3, 0.4) is 0 Å². The molecule has 3 heteroatoms. The molecule has 0 aliphatic heterocycles. The zero-order valence-electron chi connectivity index (χ0n) is 3.89. The summed E-state index contributed by atoms with van der Waals surface area (Å²) in [6, 6.07) is 0. The second-order valence-corrected chi connectivity index (χ2v) is 0.808. The maximum absolute atomic E-state index is 10.0. The number of esters is 1. The van der Waals surface area contributed by atoms with Crippen molar-refractivity contribution in [2.24, 2.45) is 0 Å². The van der Waals surface area contributed by atoms with Crippen LogP contribution >= 0.6 is 0 Å². The van der Waals surface area contributed by atoms with E-state index < -0.39 is 5.97 Å². The molecule has 0 saturated carbocycles. The molecule has 0 aromatic carbocycles. The number of carbonyl (C=O) groups is 1. The van der Waals surface area contributed by atoms with Gasteiger partial charge in [0.2, 0.25) is 0 Å². The SMILES string of the molecule is C=COC(=O)C=C.[NaH]. The first-order valence-electron chi connectivity index (χ1n) is 1.75. The minimum absolute atomic E-state index is 0. The second-order valence-electron chi connectivity index (χ2n) is 0.808. The summed E-state index contributed by atoms with van der Waals surface area (Å²) in [5.74, 6) is -0.477. The van der Waals surface area contributed by atoms with Crippen LogP contribution in [0.15, 0.2) is 25.5 Å². The molecule has 0 radical (unpaired) electrons. The van der Waals surface area contributed by atoms with Crippen LogP contribution in [0.2, 0.25) is 0 Å². The third-order valence-corrected chi connectivity index (χ3v) is 0.366. The summed E-state index contributed by atoms with van der Waals surface area (Å²) in [5.41, 5.74) is 0. The molecule has 0 heterocycles. The molecule has 0 amide bonds. The molecule has 0 aliphatic carbocycles. The first kappa shape index (κ1) is 10.8. The first-order valence-corrected chi connectivity index (χ1v) is 1.75. The van der Waals surface area contributed by atoms with Gasteiger partial charge in [0.1, 0.15) is 0 Å². The molecule has 0 unspecified atom stereocenters. The van der Waals surface area contributed by atoms with Crippen molar-refractivity contribution in [2.75, 3.05) is 0 Å². The van der Waals surface area contributed by atoms with Crippen molar-refractivity contribution in [3.63, 3.8) is 0 Å². The Morgan fingerprint density at radius 2 is 2.00 bits per heavy atom. The number of hydrogen-bond donors (Lipinski definition) is 0. The van der Waals surface area contributed by atoms with Gasteiger partial charge in [0.25, 0.3) is 0 Å². The van der Waals surface area contributed by atoms with Crippen molar-refractivity contribution in [2.45, 2.75) is 0 Å². The van der Waals surface area contributed by atoms with E-state index >= 15 is 0 Å². The van der Waals surface area contributed by atoms with Gasteiger partial charge in [-0.25, -0.2) is 4.79 Å². The van der Waals surface area contributed by atoms with Gasteiger partial charge in [-0.15, -0.1) is 0 Å². The minimum atomic E-state index is -0.477. The topological polar surface area (TPSA) is 26.3 Å². The zero-order valence-corrected chi connectivity index (χ0v) is 3.89. The molecule has 0 spiro atoms. The van der Waals surface area contributed by atoms with Gasteiger partial charge in [-0.1, -0.05) is 13.2 Å². The van der Waals surface area contributed by atoms with Gasteiger partial charge in [0.15, 0.2) is 0 Å². The van der Waals surface area contributed by atoms with Gasteiger partial charge in [0, 0.05) is 6.08 Å². The molecule has 0 saturated heterocycles. The van der Waals surface area contributed by atoms with Gasteiger partial charge >= 0.3 is 35.5 Å². The van der Waals surface area contributed by atoms with E-state index in [0.29, 0.717) is 0 Å². The van der Waals surface area contributed by atoms with E-state index in [-0.39, 0.29) is 29.6 Å². The molecule has 0 aromatic rings. The van der Waals surface area contributed by atoms with Crippen LogP contribution < -0.4 is 0 Å². The summed E-state index contributed by atoms with van der Waals surface area (Å²) in [4.78, 5) is 10.0. The quantitative estimate of drug-likeness (QED) is 0.226. The summed E-state index contributed by atoms with van der Waals surface area (Å²) in [6.07, 6.45) is 2.13. The predicted molar refractivity (Wildman–Crippen MR) is 33.6 cm³/mol. The number of rotatable bonds is 2. The summed E-state index contributed by atoms with van der Waals surface area (Å²) >= 11 is 0. The zero-order chi connectivity index (χ0) is 5.70. The van der Waals surface area contributed by atoms with E-state index in [0.717, 1.165) is 12.3 Å². The number of hydrogen-bond acceptors (Lipinski definition) is 2. The van der Waals surface area contributed by atoms with Crippen molar-refractivity contribution >= 4 is 35.5 Å². The molecule has 0 rings (SSSR count). The van der Waals surface area contributed by atoms with E-state index in [1.54, 1.807) is 0 Å². The van der Waals surface area contributed by atoms with Crippen molar-refractivity contribution in [1.82, 2.24) is 0 Å². The Balaban J connectivity index is 0. The van der Waals surface area contributed by atoms with Crippen molar-refractivity contribution in [3.8, 4) is 0 Å². The molecular formula is C5H7NaO2. The van der Waals surface area contributed by atoms with Crippen LogP contribution in [0.4, 0.5) is 0 Å². The maximum atomic E-state index is 10.0. The molecular weight excluding hydrogens is 115 g/mol. The van der Waals surface area contributed by atoms with E-state index in [2.05, 4.69) is 17.9 Å². The first-order chi connectivity index (χ1) is 3.31. The van der Waals surface area contributed by atoms with Crippen molar-refractivity contribution in [3.05, 3.63) is 25.5 Å². The van der Waals surface area contributed by atoms with E-state index in [1.165, 1.54) is 0 Å². The van der Waals surface area contributed by atoms with Crippen LogP contribution in [0.25, 0.3) is 0 Å². The summed E-state index contributed by atoms with van der Waals surface area (Å²) in [7, 11) is 0. The summed E-state index contributed by atoms with van der Waals surface area (Å²) in [5, 5.41) is 0. The fraction of sp³-hybridized carbons (Fsp3) is 0. The number of carbonyl (C=O) groups excluding carboxylic acids is 1. The van der Waals surface area contributed by atoms with Gasteiger partial charge in [-0.2, -0.15) is 0 Å². The summed E-state index contributed by atoms with van der Waals surface area (Å²) < 4.78 is 4.20. The monoisotopic (exact) mass is 122 g/mol. The molecule has 8 heavy (non-hydrogen) atoms. The Morgan fingerprint density at radius 1 is 1.50 bits per heavy atom. The Bertz CT molecular complexity index is 98.6. The van der Waals surface area contributed by atoms with Crippen LogP contribution in [0, 0.1) is 0 Å². The molecule has 0 bridgehead atoms. The molecule has 0 N–H and O–H groups in total. The van der Waals surface area contributed by atoms with Crippen molar-refractivity contribution in [1.29, 1.82) is 0 Å². The van der Waals surface area contributed by atoms with Gasteiger partial charge < -0.3 is 4.74 Å². The molecule has 0 fully saturated rings. The van der Waals surface area contributed by atoms with Crippen LogP contribution in [0.1, 0.15) is 0 Å². The average Bonchev–Trinajstić information content (AvgIpc) is 1.68. The average molecular weight is 122 g/mol. The van der Waals surface area contributed by atoms with Crippen LogP contribution in [-0.4, -0.2) is 35.5 Å². The fourth-order valence-electron chi connectivity index (χ4n) is 0.130. The Kier molecular flexibility index (Phi) is 9.42. The molecule has 40 valence electrons. The van der Waals surface area contributed by atoms with E-state index in [4.69, 9.17) is 0 Å². The normalized spacial score (nSPS) is 6.00. The molecule has 2 nitrogen and oxygen atoms in total. The second kappa shape index (κ2) is 6.95. The van der Waals surface area contributed by atoms with E-state index in [9.17, 15) is 4.79 Å². The van der Waals surface area contributed by atoms with Crippen molar-refractivity contribution < 1.29 is 9.53 Å². The third kappa shape index (κ3) is 5.95. The van der Waals surface area contributed by atoms with Gasteiger partial charge in [0.05, 0.1) is 6.26 Å². The molecule has 0 aromatic heterocycles. The number of ether oxygens (including phenoxy) is 1. The Morgan fingerprint density at radius 3 is 2.12 bits per heavy atom. The summed E-state index contributed by atoms with van der Waals surface area (Å²) in [6.45, 7) is 6.31. The standard InChI is InChI=1S/C5H6O2.Na.H/c1-3-5(6)7-4-2;;/h3-4H,1-2H2;;. The van der Waals surface area contributed by atoms with Crippen LogP contribution in [0.5, 0.6) is 0 Å². The molecule has 0 aliphatic rings. The Labute approximate surface area is 70.5 Å². The third-order valence-electron chi connectivity index (χ3n) is 0.366. The molecule has 0 atom stereocenters.